The smallest absolute Gasteiger partial charge is 0.268 e. The van der Waals surface area contributed by atoms with E-state index in [1.807, 2.05) is 32.0 Å². The molecule has 0 bridgehead atoms. The lowest BCUT2D eigenvalue weighted by Gasteiger charge is -2.15. The molecule has 0 aliphatic heterocycles. The van der Waals surface area contributed by atoms with Crippen molar-refractivity contribution in [2.75, 3.05) is 19.0 Å². The summed E-state index contributed by atoms with van der Waals surface area (Å²) in [7, 11) is -8.76. The fourth-order valence-electron chi connectivity index (χ4n) is 2.32. The van der Waals surface area contributed by atoms with Crippen molar-refractivity contribution in [1.82, 2.24) is 0 Å². The Morgan fingerprint density at radius 1 is 1.08 bits per heavy atom. The van der Waals surface area contributed by atoms with Crippen molar-refractivity contribution in [2.24, 2.45) is 0 Å². The minimum atomic E-state index is -4.55. The zero-order valence-corrected chi connectivity index (χ0v) is 17.3. The Balaban J connectivity index is 2.73. The van der Waals surface area contributed by atoms with Crippen molar-refractivity contribution in [3.63, 3.8) is 0 Å². The van der Waals surface area contributed by atoms with Gasteiger partial charge in [0, 0.05) is 0 Å². The normalized spacial score (nSPS) is 13.4. The number of benzene rings is 1. The second kappa shape index (κ2) is 10.3. The summed E-state index contributed by atoms with van der Waals surface area (Å²) in [5.41, 5.74) is 0. The van der Waals surface area contributed by atoms with Crippen LogP contribution in [0.4, 0.5) is 0 Å². The van der Waals surface area contributed by atoms with E-state index in [1.165, 1.54) is 0 Å². The molecule has 0 aliphatic carbocycles. The zero-order chi connectivity index (χ0) is 19.8. The number of hydrogen-bond acceptors (Lipinski definition) is 6. The summed E-state index contributed by atoms with van der Waals surface area (Å²) in [5, 5.41) is -0.612. The molecule has 0 saturated carbocycles. The molecular formula is C15H24O8S2Si. The summed E-state index contributed by atoms with van der Waals surface area (Å²) in [6.45, 7) is 4.70. The maximum atomic E-state index is 11.3. The van der Waals surface area contributed by atoms with E-state index < -0.39 is 31.2 Å². The molecule has 0 aromatic heterocycles. The van der Waals surface area contributed by atoms with Gasteiger partial charge in [0.15, 0.2) is 11.5 Å². The number of para-hydroxylation sites is 1. The van der Waals surface area contributed by atoms with Gasteiger partial charge in [-0.2, -0.15) is 16.8 Å². The minimum absolute atomic E-state index is 0.0687. The quantitative estimate of drug-likeness (QED) is 0.291. The van der Waals surface area contributed by atoms with Crippen LogP contribution in [-0.2, 0) is 20.2 Å². The van der Waals surface area contributed by atoms with Crippen molar-refractivity contribution in [1.29, 1.82) is 0 Å². The van der Waals surface area contributed by atoms with Crippen molar-refractivity contribution < 1.29 is 35.4 Å². The molecule has 1 aromatic rings. The fraction of sp³-hybridized carbons (Fsp3) is 0.600. The molecule has 148 valence electrons. The zero-order valence-electron chi connectivity index (χ0n) is 14.7. The van der Waals surface area contributed by atoms with Gasteiger partial charge in [0.2, 0.25) is 0 Å². The van der Waals surface area contributed by atoms with Gasteiger partial charge >= 0.3 is 0 Å². The van der Waals surface area contributed by atoms with E-state index in [2.05, 4.69) is 0 Å². The predicted octanol–water partition coefficient (Wildman–Crippen LogP) is 1.16. The highest BCUT2D eigenvalue weighted by Crippen LogP contribution is 2.25. The number of rotatable bonds is 12. The maximum absolute atomic E-state index is 11.3. The van der Waals surface area contributed by atoms with E-state index in [4.69, 9.17) is 18.6 Å². The topological polar surface area (TPSA) is 127 Å². The third-order valence-corrected chi connectivity index (χ3v) is 7.06. The highest BCUT2D eigenvalue weighted by molar-refractivity contribution is 7.90. The van der Waals surface area contributed by atoms with Gasteiger partial charge < -0.3 is 9.47 Å². The Morgan fingerprint density at radius 3 is 2.27 bits per heavy atom. The van der Waals surface area contributed by atoms with Gasteiger partial charge in [0.25, 0.3) is 20.2 Å². The SMILES string of the molecule is CCOc1cccc([Si]CCCC(CS(=O)(=O)O)S(=O)(=O)O)c1OCC. The Labute approximate surface area is 157 Å². The van der Waals surface area contributed by atoms with Crippen LogP contribution in [0, 0.1) is 0 Å². The summed E-state index contributed by atoms with van der Waals surface area (Å²) in [5.74, 6) is 0.278. The van der Waals surface area contributed by atoms with E-state index in [0.29, 0.717) is 46.7 Å². The first-order valence-electron chi connectivity index (χ1n) is 8.12. The average molecular weight is 425 g/mol. The van der Waals surface area contributed by atoms with Crippen molar-refractivity contribution in [3.05, 3.63) is 18.2 Å². The molecule has 2 N–H and O–H groups in total. The average Bonchev–Trinajstić information content (AvgIpc) is 2.51. The first kappa shape index (κ1) is 22.9. The summed E-state index contributed by atoms with van der Waals surface area (Å²) in [6.07, 6.45) is 0.295. The van der Waals surface area contributed by atoms with Crippen LogP contribution in [0.1, 0.15) is 26.7 Å². The Hall–Kier alpha value is -1.14. The molecule has 1 unspecified atom stereocenters. The molecule has 1 atom stereocenters. The molecule has 1 aromatic carbocycles. The van der Waals surface area contributed by atoms with Crippen LogP contribution in [-0.4, -0.2) is 59.7 Å². The molecule has 0 aliphatic rings. The van der Waals surface area contributed by atoms with Gasteiger partial charge in [-0.1, -0.05) is 24.6 Å². The predicted molar refractivity (Wildman–Crippen MR) is 100.0 cm³/mol. The maximum Gasteiger partial charge on any atom is 0.268 e. The molecule has 0 spiro atoms. The highest BCUT2D eigenvalue weighted by atomic mass is 32.2. The standard InChI is InChI=1S/C15H24O8S2Si/c1-3-22-13-8-5-9-14(15(13)23-4-2)26-10-6-7-12(25(19,20)21)11-24(16,17)18/h5,8-9,12H,3-4,6-7,10-11H2,1-2H3,(H,16,17,18)(H,19,20,21). The van der Waals surface area contributed by atoms with Crippen LogP contribution >= 0.6 is 0 Å². The van der Waals surface area contributed by atoms with Crippen LogP contribution in [0.3, 0.4) is 0 Å². The summed E-state index contributed by atoms with van der Waals surface area (Å²) < 4.78 is 73.5. The Kier molecular flexibility index (Phi) is 9.03. The van der Waals surface area contributed by atoms with Crippen LogP contribution < -0.4 is 14.7 Å². The van der Waals surface area contributed by atoms with E-state index in [0.717, 1.165) is 5.19 Å². The van der Waals surface area contributed by atoms with Crippen molar-refractivity contribution in [3.8, 4) is 11.5 Å². The van der Waals surface area contributed by atoms with E-state index >= 15 is 0 Å². The van der Waals surface area contributed by atoms with Gasteiger partial charge in [0.1, 0.15) is 5.25 Å². The molecule has 0 amide bonds. The van der Waals surface area contributed by atoms with Gasteiger partial charge in [-0.05, 0) is 31.5 Å². The monoisotopic (exact) mass is 424 g/mol. The van der Waals surface area contributed by atoms with Crippen molar-refractivity contribution in [2.45, 2.75) is 38.0 Å². The van der Waals surface area contributed by atoms with Gasteiger partial charge in [-0.15, -0.1) is 0 Å². The summed E-state index contributed by atoms with van der Waals surface area (Å²) in [4.78, 5) is 0. The molecule has 0 heterocycles. The lowest BCUT2D eigenvalue weighted by atomic mass is 10.3. The molecule has 8 nitrogen and oxygen atoms in total. The van der Waals surface area contributed by atoms with Crippen LogP contribution in [0.5, 0.6) is 11.5 Å². The molecule has 0 saturated heterocycles. The van der Waals surface area contributed by atoms with Crippen molar-refractivity contribution >= 4 is 34.9 Å². The molecule has 2 radical (unpaired) electrons. The Bertz CT molecular complexity index is 777. The largest absolute Gasteiger partial charge is 0.490 e. The Morgan fingerprint density at radius 2 is 1.73 bits per heavy atom. The first-order chi connectivity index (χ1) is 12.1. The molecule has 0 fully saturated rings. The lowest BCUT2D eigenvalue weighted by molar-refractivity contribution is 0.289. The van der Waals surface area contributed by atoms with Gasteiger partial charge in [0.05, 0.1) is 28.5 Å². The second-order valence-electron chi connectivity index (χ2n) is 5.45. The molecule has 26 heavy (non-hydrogen) atoms. The molecular weight excluding hydrogens is 400 g/mol. The fourth-order valence-corrected chi connectivity index (χ4v) is 5.85. The minimum Gasteiger partial charge on any atom is -0.490 e. The third-order valence-electron chi connectivity index (χ3n) is 3.40. The summed E-state index contributed by atoms with van der Waals surface area (Å²) >= 11 is 0. The second-order valence-corrected chi connectivity index (χ2v) is 10.0. The van der Waals surface area contributed by atoms with Crippen LogP contribution in [0.15, 0.2) is 18.2 Å². The van der Waals surface area contributed by atoms with Gasteiger partial charge in [-0.3, -0.25) is 9.11 Å². The molecule has 11 heteroatoms. The first-order valence-corrected chi connectivity index (χ1v) is 12.4. The summed E-state index contributed by atoms with van der Waals surface area (Å²) in [6, 6.07) is 6.12. The van der Waals surface area contributed by atoms with E-state index in [9.17, 15) is 16.8 Å². The van der Waals surface area contributed by atoms with E-state index in [-0.39, 0.29) is 6.42 Å². The lowest BCUT2D eigenvalue weighted by Crippen LogP contribution is -2.29. The number of hydrogen-bond donors (Lipinski definition) is 2. The van der Waals surface area contributed by atoms with Crippen LogP contribution in [0.2, 0.25) is 6.04 Å². The van der Waals surface area contributed by atoms with Crippen LogP contribution in [0.25, 0.3) is 0 Å². The van der Waals surface area contributed by atoms with Gasteiger partial charge in [-0.25, -0.2) is 0 Å². The molecule has 1 rings (SSSR count). The highest BCUT2D eigenvalue weighted by Gasteiger charge is 2.27. The number of ether oxygens (including phenoxy) is 2. The third kappa shape index (κ3) is 8.04. The van der Waals surface area contributed by atoms with E-state index in [1.54, 1.807) is 0 Å².